The van der Waals surface area contributed by atoms with Gasteiger partial charge in [0.05, 0.1) is 24.5 Å². The highest BCUT2D eigenvalue weighted by molar-refractivity contribution is 5.97. The topological polar surface area (TPSA) is 98.7 Å². The molecule has 1 unspecified atom stereocenters. The first kappa shape index (κ1) is 23.4. The summed E-state index contributed by atoms with van der Waals surface area (Å²) in [6, 6.07) is -1.20. The van der Waals surface area contributed by atoms with E-state index in [1.54, 1.807) is 11.9 Å². The summed E-state index contributed by atoms with van der Waals surface area (Å²) in [4.78, 5) is 41.0. The van der Waals surface area contributed by atoms with Crippen LogP contribution in [0.5, 0.6) is 0 Å². The van der Waals surface area contributed by atoms with Gasteiger partial charge in [-0.25, -0.2) is 0 Å². The smallest absolute Gasteiger partial charge is 0.243 e. The number of amides is 3. The van der Waals surface area contributed by atoms with Gasteiger partial charge in [-0.2, -0.15) is 0 Å². The SMILES string of the molecule is CCCC(C)NC(=O)[C@@H]1[C@H]2C=C[C@@H](C)[C@@H](C(=O)NC)[C@@H]2C(=O)N1[C@@H](CO)C(C)C. The number of carbonyl (C=O) groups is 3. The minimum absolute atomic E-state index is 0.00337. The number of carbonyl (C=O) groups excluding carboxylic acids is 3. The fraction of sp³-hybridized carbons (Fsp3) is 0.773. The molecule has 7 atom stereocenters. The highest BCUT2D eigenvalue weighted by atomic mass is 16.3. The second-order valence-electron chi connectivity index (χ2n) is 8.87. The third-order valence-electron chi connectivity index (χ3n) is 6.45. The summed E-state index contributed by atoms with van der Waals surface area (Å²) < 4.78 is 0. The lowest BCUT2D eigenvalue weighted by atomic mass is 9.70. The van der Waals surface area contributed by atoms with Crippen LogP contribution in [0.4, 0.5) is 0 Å². The highest BCUT2D eigenvalue weighted by Crippen LogP contribution is 2.45. The second-order valence-corrected chi connectivity index (χ2v) is 8.87. The molecule has 2 rings (SSSR count). The number of likely N-dealkylation sites (tertiary alicyclic amines) is 1. The van der Waals surface area contributed by atoms with Gasteiger partial charge >= 0.3 is 0 Å². The van der Waals surface area contributed by atoms with E-state index in [2.05, 4.69) is 17.6 Å². The van der Waals surface area contributed by atoms with Gasteiger partial charge in [-0.3, -0.25) is 14.4 Å². The maximum absolute atomic E-state index is 13.6. The van der Waals surface area contributed by atoms with Crippen molar-refractivity contribution < 1.29 is 19.5 Å². The molecule has 2 aliphatic rings. The second kappa shape index (κ2) is 9.74. The maximum Gasteiger partial charge on any atom is 0.243 e. The van der Waals surface area contributed by atoms with Gasteiger partial charge in [0.2, 0.25) is 17.7 Å². The van der Waals surface area contributed by atoms with Crippen molar-refractivity contribution in [3.8, 4) is 0 Å². The van der Waals surface area contributed by atoms with Gasteiger partial charge in [0.25, 0.3) is 0 Å². The van der Waals surface area contributed by atoms with Crippen LogP contribution in [0.2, 0.25) is 0 Å². The van der Waals surface area contributed by atoms with Gasteiger partial charge in [-0.15, -0.1) is 0 Å². The predicted molar refractivity (Wildman–Crippen MR) is 112 cm³/mol. The summed E-state index contributed by atoms with van der Waals surface area (Å²) >= 11 is 0. The number of nitrogens with zero attached hydrogens (tertiary/aromatic N) is 1. The molecular weight excluding hydrogens is 370 g/mol. The summed E-state index contributed by atoms with van der Waals surface area (Å²) in [7, 11) is 1.57. The molecule has 1 saturated heterocycles. The maximum atomic E-state index is 13.6. The average molecular weight is 408 g/mol. The van der Waals surface area contributed by atoms with E-state index < -0.39 is 23.9 Å². The number of nitrogens with one attached hydrogen (secondary N) is 2. The first-order valence-corrected chi connectivity index (χ1v) is 10.8. The third kappa shape index (κ3) is 4.49. The van der Waals surface area contributed by atoms with E-state index in [4.69, 9.17) is 0 Å². The van der Waals surface area contributed by atoms with Crippen LogP contribution >= 0.6 is 0 Å². The fourth-order valence-electron chi connectivity index (χ4n) is 4.92. The number of rotatable bonds is 8. The first-order chi connectivity index (χ1) is 13.7. The zero-order valence-electron chi connectivity index (χ0n) is 18.5. The monoisotopic (exact) mass is 407 g/mol. The number of aliphatic hydroxyl groups excluding tert-OH is 1. The molecule has 0 aromatic heterocycles. The van der Waals surface area contributed by atoms with Gasteiger partial charge in [0.15, 0.2) is 0 Å². The van der Waals surface area contributed by atoms with Crippen molar-refractivity contribution in [2.24, 2.45) is 29.6 Å². The van der Waals surface area contributed by atoms with Crippen LogP contribution < -0.4 is 10.6 Å². The summed E-state index contributed by atoms with van der Waals surface area (Å²) in [5.41, 5.74) is 0. The molecule has 0 radical (unpaired) electrons. The standard InChI is InChI=1S/C22H37N3O4/c1-7-8-14(5)24-21(28)19-15-10-9-13(4)17(20(27)23-6)18(15)22(29)25(19)16(11-26)12(2)3/h9-10,12-19,26H,7-8,11H2,1-6H3,(H,23,27)(H,24,28)/t13-,14?,15+,16+,17-,18-,19+/m1/s1. The molecule has 0 aromatic rings. The zero-order chi connectivity index (χ0) is 21.9. The first-order valence-electron chi connectivity index (χ1n) is 10.8. The molecule has 1 fully saturated rings. The third-order valence-corrected chi connectivity index (χ3v) is 6.45. The van der Waals surface area contributed by atoms with Crippen molar-refractivity contribution >= 4 is 17.7 Å². The van der Waals surface area contributed by atoms with Crippen molar-refractivity contribution in [1.82, 2.24) is 15.5 Å². The van der Waals surface area contributed by atoms with Gasteiger partial charge in [-0.1, -0.05) is 46.3 Å². The van der Waals surface area contributed by atoms with E-state index in [1.807, 2.05) is 39.8 Å². The number of hydrogen-bond acceptors (Lipinski definition) is 4. The van der Waals surface area contributed by atoms with Crippen LogP contribution in [0.1, 0.15) is 47.5 Å². The van der Waals surface area contributed by atoms with Crippen LogP contribution in [0.3, 0.4) is 0 Å². The Kier molecular flexibility index (Phi) is 7.86. The molecular formula is C22H37N3O4. The molecule has 3 amide bonds. The van der Waals surface area contributed by atoms with Crippen molar-refractivity contribution in [3.63, 3.8) is 0 Å². The molecule has 0 bridgehead atoms. The van der Waals surface area contributed by atoms with E-state index in [9.17, 15) is 19.5 Å². The molecule has 7 nitrogen and oxygen atoms in total. The molecule has 29 heavy (non-hydrogen) atoms. The van der Waals surface area contributed by atoms with E-state index in [1.165, 1.54) is 0 Å². The Morgan fingerprint density at radius 3 is 2.38 bits per heavy atom. The summed E-state index contributed by atoms with van der Waals surface area (Å²) in [6.45, 7) is 9.58. The van der Waals surface area contributed by atoms with Crippen LogP contribution in [0, 0.1) is 29.6 Å². The van der Waals surface area contributed by atoms with Crippen LogP contribution in [0.15, 0.2) is 12.2 Å². The number of aliphatic hydroxyl groups is 1. The Hall–Kier alpha value is -1.89. The van der Waals surface area contributed by atoms with E-state index in [0.29, 0.717) is 0 Å². The van der Waals surface area contributed by atoms with Crippen LogP contribution in [-0.2, 0) is 14.4 Å². The largest absolute Gasteiger partial charge is 0.394 e. The molecule has 1 heterocycles. The number of fused-ring (bicyclic) bond motifs is 1. The Morgan fingerprint density at radius 1 is 1.21 bits per heavy atom. The quantitative estimate of drug-likeness (QED) is 0.529. The molecule has 164 valence electrons. The minimum atomic E-state index is -0.720. The summed E-state index contributed by atoms with van der Waals surface area (Å²) in [5.74, 6) is -2.24. The zero-order valence-corrected chi connectivity index (χ0v) is 18.5. The molecule has 1 aliphatic carbocycles. The molecule has 3 N–H and O–H groups in total. The molecule has 0 aromatic carbocycles. The van der Waals surface area contributed by atoms with Crippen LogP contribution in [-0.4, -0.2) is 59.5 Å². The molecule has 0 spiro atoms. The lowest BCUT2D eigenvalue weighted by molar-refractivity contribution is -0.144. The van der Waals surface area contributed by atoms with Crippen LogP contribution in [0.25, 0.3) is 0 Å². The summed E-state index contributed by atoms with van der Waals surface area (Å²) in [6.07, 6.45) is 5.66. The fourth-order valence-corrected chi connectivity index (χ4v) is 4.92. The average Bonchev–Trinajstić information content (AvgIpc) is 2.94. The van der Waals surface area contributed by atoms with Gasteiger partial charge < -0.3 is 20.6 Å². The van der Waals surface area contributed by atoms with Crippen molar-refractivity contribution in [2.75, 3.05) is 13.7 Å². The lowest BCUT2D eigenvalue weighted by Gasteiger charge is -2.35. The van der Waals surface area contributed by atoms with Crippen molar-refractivity contribution in [2.45, 2.75) is 65.6 Å². The Labute approximate surface area is 174 Å². The van der Waals surface area contributed by atoms with Crippen molar-refractivity contribution in [1.29, 1.82) is 0 Å². The number of allylic oxidation sites excluding steroid dienone is 1. The summed E-state index contributed by atoms with van der Waals surface area (Å²) in [5, 5.41) is 15.7. The molecule has 7 heteroatoms. The van der Waals surface area contributed by atoms with E-state index in [-0.39, 0.29) is 48.1 Å². The normalized spacial score (nSPS) is 30.8. The van der Waals surface area contributed by atoms with Gasteiger partial charge in [0, 0.05) is 19.0 Å². The molecule has 1 aliphatic heterocycles. The van der Waals surface area contributed by atoms with E-state index in [0.717, 1.165) is 12.8 Å². The van der Waals surface area contributed by atoms with E-state index >= 15 is 0 Å². The highest BCUT2D eigenvalue weighted by Gasteiger charge is 2.58. The number of hydrogen-bond donors (Lipinski definition) is 3. The Bertz CT molecular complexity index is 648. The predicted octanol–water partition coefficient (Wildman–Crippen LogP) is 1.32. The lowest BCUT2D eigenvalue weighted by Crippen LogP contribution is -2.55. The molecule has 0 saturated carbocycles. The van der Waals surface area contributed by atoms with Crippen molar-refractivity contribution in [3.05, 3.63) is 12.2 Å². The van der Waals surface area contributed by atoms with Gasteiger partial charge in [-0.05, 0) is 25.2 Å². The van der Waals surface area contributed by atoms with Gasteiger partial charge in [0.1, 0.15) is 6.04 Å². The Morgan fingerprint density at radius 2 is 1.86 bits per heavy atom. The Balaban J connectivity index is 2.48. The minimum Gasteiger partial charge on any atom is -0.394 e.